The van der Waals surface area contributed by atoms with Crippen molar-refractivity contribution < 1.29 is 18.0 Å². The Morgan fingerprint density at radius 2 is 1.88 bits per heavy atom. The smallest absolute Gasteiger partial charge is 0.253 e. The summed E-state index contributed by atoms with van der Waals surface area (Å²) in [5.74, 6) is -0.871. The molecule has 0 bridgehead atoms. The van der Waals surface area contributed by atoms with Crippen LogP contribution in [-0.2, 0) is 14.6 Å². The second kappa shape index (κ2) is 7.65. The number of hydrogen-bond acceptors (Lipinski definition) is 5. The first-order valence-electron chi connectivity index (χ1n) is 8.21. The topological polar surface area (TPSA) is 105 Å². The average molecular weight is 373 g/mol. The van der Waals surface area contributed by atoms with Gasteiger partial charge in [0.05, 0.1) is 17.1 Å². The van der Waals surface area contributed by atoms with E-state index in [1.54, 1.807) is 42.6 Å². The Hall–Kier alpha value is -2.74. The molecule has 2 amide bonds. The minimum atomic E-state index is -3.11. The SMILES string of the molecule is O=C(NC(C(=O)NC1CCS(=O)(=O)C1)c1ccccc1)c1cccnc1. The fourth-order valence-electron chi connectivity index (χ4n) is 2.85. The Kier molecular flexibility index (Phi) is 5.32. The maximum absolute atomic E-state index is 12.7. The number of carbonyl (C=O) groups is 2. The normalized spacial score (nSPS) is 19.5. The van der Waals surface area contributed by atoms with Crippen LogP contribution in [0.25, 0.3) is 0 Å². The van der Waals surface area contributed by atoms with Crippen molar-refractivity contribution in [3.63, 3.8) is 0 Å². The number of sulfone groups is 1. The molecule has 26 heavy (non-hydrogen) atoms. The molecule has 7 nitrogen and oxygen atoms in total. The van der Waals surface area contributed by atoms with E-state index < -0.39 is 33.7 Å². The predicted molar refractivity (Wildman–Crippen MR) is 96.1 cm³/mol. The van der Waals surface area contributed by atoms with Crippen LogP contribution in [0, 0.1) is 0 Å². The Balaban J connectivity index is 1.77. The van der Waals surface area contributed by atoms with Gasteiger partial charge in [-0.3, -0.25) is 14.6 Å². The van der Waals surface area contributed by atoms with Crippen LogP contribution in [0.5, 0.6) is 0 Å². The number of hydrogen-bond donors (Lipinski definition) is 2. The van der Waals surface area contributed by atoms with Gasteiger partial charge in [0.15, 0.2) is 9.84 Å². The Bertz CT molecular complexity index is 885. The first-order valence-corrected chi connectivity index (χ1v) is 10.0. The number of nitrogens with one attached hydrogen (secondary N) is 2. The highest BCUT2D eigenvalue weighted by Crippen LogP contribution is 2.17. The number of carbonyl (C=O) groups excluding carboxylic acids is 2. The second-order valence-corrected chi connectivity index (χ2v) is 8.40. The van der Waals surface area contributed by atoms with E-state index in [9.17, 15) is 18.0 Å². The van der Waals surface area contributed by atoms with Gasteiger partial charge in [0.1, 0.15) is 6.04 Å². The number of pyridine rings is 1. The van der Waals surface area contributed by atoms with Crippen LogP contribution in [0.15, 0.2) is 54.9 Å². The minimum Gasteiger partial charge on any atom is -0.350 e. The molecule has 136 valence electrons. The molecule has 0 radical (unpaired) electrons. The summed E-state index contributed by atoms with van der Waals surface area (Å²) >= 11 is 0. The van der Waals surface area contributed by atoms with Gasteiger partial charge in [-0.2, -0.15) is 0 Å². The van der Waals surface area contributed by atoms with E-state index in [1.165, 1.54) is 6.20 Å². The molecular formula is C18H19N3O4S. The summed E-state index contributed by atoms with van der Waals surface area (Å²) in [5.41, 5.74) is 0.952. The summed E-state index contributed by atoms with van der Waals surface area (Å²) < 4.78 is 23.2. The van der Waals surface area contributed by atoms with Gasteiger partial charge >= 0.3 is 0 Å². The Morgan fingerprint density at radius 1 is 1.12 bits per heavy atom. The standard InChI is InChI=1S/C18H19N3O4S/c22-17(14-7-4-9-19-11-14)21-16(13-5-2-1-3-6-13)18(23)20-15-8-10-26(24,25)12-15/h1-7,9,11,15-16H,8,10,12H2,(H,20,23)(H,21,22). The molecule has 1 aliphatic rings. The Labute approximate surface area is 151 Å². The number of aromatic nitrogens is 1. The maximum Gasteiger partial charge on any atom is 0.253 e. The molecule has 3 rings (SSSR count). The van der Waals surface area contributed by atoms with Crippen LogP contribution in [0.2, 0.25) is 0 Å². The van der Waals surface area contributed by atoms with Gasteiger partial charge in [0, 0.05) is 18.4 Å². The molecule has 2 unspecified atom stereocenters. The van der Waals surface area contributed by atoms with Crippen LogP contribution in [-0.4, -0.2) is 42.8 Å². The number of benzene rings is 1. The highest BCUT2D eigenvalue weighted by atomic mass is 32.2. The molecular weight excluding hydrogens is 354 g/mol. The molecule has 0 saturated carbocycles. The van der Waals surface area contributed by atoms with Gasteiger partial charge in [-0.15, -0.1) is 0 Å². The van der Waals surface area contributed by atoms with Crippen LogP contribution >= 0.6 is 0 Å². The molecule has 1 fully saturated rings. The first-order chi connectivity index (χ1) is 12.4. The zero-order valence-corrected chi connectivity index (χ0v) is 14.8. The summed E-state index contributed by atoms with van der Waals surface area (Å²) in [6.07, 6.45) is 3.35. The van der Waals surface area contributed by atoms with Crippen LogP contribution < -0.4 is 10.6 Å². The molecule has 0 aliphatic carbocycles. The van der Waals surface area contributed by atoms with Crippen LogP contribution in [0.1, 0.15) is 28.4 Å². The summed E-state index contributed by atoms with van der Waals surface area (Å²) in [4.78, 5) is 29.1. The van der Waals surface area contributed by atoms with Crippen LogP contribution in [0.3, 0.4) is 0 Å². The molecule has 2 atom stereocenters. The lowest BCUT2D eigenvalue weighted by atomic mass is 10.0. The third-order valence-electron chi connectivity index (χ3n) is 4.17. The van der Waals surface area contributed by atoms with Crippen molar-refractivity contribution in [1.29, 1.82) is 0 Å². The third-order valence-corrected chi connectivity index (χ3v) is 5.94. The zero-order chi connectivity index (χ0) is 18.6. The van der Waals surface area contributed by atoms with Crippen molar-refractivity contribution in [1.82, 2.24) is 15.6 Å². The lowest BCUT2D eigenvalue weighted by Crippen LogP contribution is -2.44. The van der Waals surface area contributed by atoms with Crippen molar-refractivity contribution in [2.75, 3.05) is 11.5 Å². The van der Waals surface area contributed by atoms with Crippen molar-refractivity contribution in [3.8, 4) is 0 Å². The van der Waals surface area contributed by atoms with Crippen molar-refractivity contribution in [2.24, 2.45) is 0 Å². The molecule has 1 aromatic carbocycles. The van der Waals surface area contributed by atoms with E-state index in [0.717, 1.165) is 0 Å². The number of nitrogens with zero attached hydrogens (tertiary/aromatic N) is 1. The van der Waals surface area contributed by atoms with Crippen LogP contribution in [0.4, 0.5) is 0 Å². The molecule has 0 spiro atoms. The lowest BCUT2D eigenvalue weighted by molar-refractivity contribution is -0.123. The molecule has 2 heterocycles. The van der Waals surface area contributed by atoms with E-state index in [1.807, 2.05) is 6.07 Å². The van der Waals surface area contributed by atoms with E-state index >= 15 is 0 Å². The van der Waals surface area contributed by atoms with Gasteiger partial charge in [0.2, 0.25) is 5.91 Å². The third kappa shape index (κ3) is 4.45. The average Bonchev–Trinajstić information content (AvgIpc) is 2.99. The van der Waals surface area contributed by atoms with E-state index in [4.69, 9.17) is 0 Å². The zero-order valence-electron chi connectivity index (χ0n) is 14.0. The van der Waals surface area contributed by atoms with E-state index in [-0.39, 0.29) is 11.5 Å². The fourth-order valence-corrected chi connectivity index (χ4v) is 4.52. The largest absolute Gasteiger partial charge is 0.350 e. The fraction of sp³-hybridized carbons (Fsp3) is 0.278. The molecule has 2 aromatic rings. The highest BCUT2D eigenvalue weighted by molar-refractivity contribution is 7.91. The van der Waals surface area contributed by atoms with Gasteiger partial charge in [0.25, 0.3) is 5.91 Å². The predicted octanol–water partition coefficient (Wildman–Crippen LogP) is 0.856. The summed E-state index contributed by atoms with van der Waals surface area (Å²) in [6, 6.07) is 10.7. The van der Waals surface area contributed by atoms with E-state index in [2.05, 4.69) is 15.6 Å². The van der Waals surface area contributed by atoms with Crippen molar-refractivity contribution in [2.45, 2.75) is 18.5 Å². The highest BCUT2D eigenvalue weighted by Gasteiger charge is 2.32. The molecule has 1 aliphatic heterocycles. The monoisotopic (exact) mass is 373 g/mol. The molecule has 2 N–H and O–H groups in total. The molecule has 1 aromatic heterocycles. The summed E-state index contributed by atoms with van der Waals surface area (Å²) in [5, 5.41) is 5.45. The van der Waals surface area contributed by atoms with Crippen molar-refractivity contribution in [3.05, 3.63) is 66.0 Å². The Morgan fingerprint density at radius 3 is 2.50 bits per heavy atom. The molecule has 1 saturated heterocycles. The van der Waals surface area contributed by atoms with E-state index in [0.29, 0.717) is 17.5 Å². The molecule has 8 heteroatoms. The van der Waals surface area contributed by atoms with Gasteiger partial charge in [-0.05, 0) is 24.1 Å². The summed E-state index contributed by atoms with van der Waals surface area (Å²) in [6.45, 7) is 0. The van der Waals surface area contributed by atoms with Gasteiger partial charge in [-0.1, -0.05) is 30.3 Å². The second-order valence-electron chi connectivity index (χ2n) is 6.17. The number of rotatable bonds is 5. The lowest BCUT2D eigenvalue weighted by Gasteiger charge is -2.21. The van der Waals surface area contributed by atoms with Gasteiger partial charge in [-0.25, -0.2) is 8.42 Å². The quantitative estimate of drug-likeness (QED) is 0.809. The maximum atomic E-state index is 12.7. The number of amides is 2. The van der Waals surface area contributed by atoms with Crippen molar-refractivity contribution >= 4 is 21.7 Å². The summed E-state index contributed by atoms with van der Waals surface area (Å²) in [7, 11) is -3.11. The van der Waals surface area contributed by atoms with Gasteiger partial charge < -0.3 is 10.6 Å². The minimum absolute atomic E-state index is 0.0655. The first kappa shape index (κ1) is 18.1.